The quantitative estimate of drug-likeness (QED) is 0.262. The summed E-state index contributed by atoms with van der Waals surface area (Å²) >= 11 is 2.28. The molecule has 0 radical (unpaired) electrons. The third-order valence-electron chi connectivity index (χ3n) is 4.80. The smallest absolute Gasteiger partial charge is 0.312 e. The lowest BCUT2D eigenvalue weighted by Gasteiger charge is -2.11. The lowest BCUT2D eigenvalue weighted by molar-refractivity contribution is 0.356. The van der Waals surface area contributed by atoms with Gasteiger partial charge in [0.05, 0.1) is 12.9 Å². The zero-order chi connectivity index (χ0) is 21.5. The highest BCUT2D eigenvalue weighted by atomic mass is 127. The van der Waals surface area contributed by atoms with Gasteiger partial charge in [0.25, 0.3) is 0 Å². The Balaban J connectivity index is 1.69. The molecule has 0 saturated carbocycles. The first-order valence-electron chi connectivity index (χ1n) is 9.28. The molecule has 0 spiro atoms. The third kappa shape index (κ3) is 4.49. The maximum Gasteiger partial charge on any atom is 0.312 e. The molecule has 3 heterocycles. The SMILES string of the molecule is CS(=O)(=O)NCCCn1c(Cc2cc3c(cc2I)CCO3)nc2c(N)nc(F)nc21. The Bertz CT molecular complexity index is 1230. The molecule has 1 aliphatic rings. The molecule has 0 fully saturated rings. The number of hydrogen-bond acceptors (Lipinski definition) is 7. The second kappa shape index (κ2) is 8.23. The van der Waals surface area contributed by atoms with Crippen molar-refractivity contribution in [3.63, 3.8) is 0 Å². The highest BCUT2D eigenvalue weighted by molar-refractivity contribution is 14.1. The minimum Gasteiger partial charge on any atom is -0.493 e. The number of nitrogen functional groups attached to an aromatic ring is 1. The van der Waals surface area contributed by atoms with E-state index in [1.165, 1.54) is 5.56 Å². The zero-order valence-electron chi connectivity index (χ0n) is 16.2. The Hall–Kier alpha value is -2.06. The largest absolute Gasteiger partial charge is 0.493 e. The average molecular weight is 546 g/mol. The number of sulfonamides is 1. The number of ether oxygens (including phenoxy) is 1. The number of anilines is 1. The van der Waals surface area contributed by atoms with E-state index < -0.39 is 16.1 Å². The van der Waals surface area contributed by atoms with E-state index in [1.54, 1.807) is 4.57 Å². The van der Waals surface area contributed by atoms with E-state index in [4.69, 9.17) is 10.5 Å². The maximum atomic E-state index is 13.8. The number of fused-ring (bicyclic) bond motifs is 2. The lowest BCUT2D eigenvalue weighted by atomic mass is 10.1. The van der Waals surface area contributed by atoms with E-state index in [0.717, 1.165) is 27.6 Å². The monoisotopic (exact) mass is 546 g/mol. The van der Waals surface area contributed by atoms with Crippen molar-refractivity contribution in [1.29, 1.82) is 0 Å². The second-order valence-corrected chi connectivity index (χ2v) is 10.1. The number of nitrogens with one attached hydrogen (secondary N) is 1. The van der Waals surface area contributed by atoms with Gasteiger partial charge < -0.3 is 15.0 Å². The van der Waals surface area contributed by atoms with Gasteiger partial charge in [0.2, 0.25) is 10.0 Å². The summed E-state index contributed by atoms with van der Waals surface area (Å²) in [4.78, 5) is 12.0. The number of nitrogens with zero attached hydrogens (tertiary/aromatic N) is 4. The molecule has 3 aromatic rings. The van der Waals surface area contributed by atoms with Crippen molar-refractivity contribution in [3.05, 3.63) is 38.7 Å². The number of halogens is 2. The molecule has 9 nitrogen and oxygen atoms in total. The van der Waals surface area contributed by atoms with E-state index in [1.807, 2.05) is 6.07 Å². The van der Waals surface area contributed by atoms with Gasteiger partial charge in [0.15, 0.2) is 17.0 Å². The van der Waals surface area contributed by atoms with Crippen LogP contribution in [0.3, 0.4) is 0 Å². The standard InChI is InChI=1S/C18H20FIN6O3S/c1-30(27,28)22-4-2-5-26-14(23-15-16(21)24-18(19)25-17(15)26)9-11-8-13-10(3-6-29-13)7-12(11)20/h7-8,22H,2-6,9H2,1H3,(H2,21,24,25). The summed E-state index contributed by atoms with van der Waals surface area (Å²) in [6, 6.07) is 4.11. The van der Waals surface area contributed by atoms with E-state index in [9.17, 15) is 12.8 Å². The van der Waals surface area contributed by atoms with Crippen LogP contribution >= 0.6 is 22.6 Å². The molecule has 3 N–H and O–H groups in total. The normalized spacial score (nSPS) is 13.6. The van der Waals surface area contributed by atoms with Crippen molar-refractivity contribution in [2.75, 3.05) is 25.1 Å². The van der Waals surface area contributed by atoms with Crippen LogP contribution < -0.4 is 15.2 Å². The molecule has 0 saturated heterocycles. The van der Waals surface area contributed by atoms with Crippen LogP contribution in [0.1, 0.15) is 23.4 Å². The summed E-state index contributed by atoms with van der Waals surface area (Å²) in [5.74, 6) is 1.49. The van der Waals surface area contributed by atoms with Crippen LogP contribution in [0.25, 0.3) is 11.2 Å². The highest BCUT2D eigenvalue weighted by Crippen LogP contribution is 2.31. The van der Waals surface area contributed by atoms with Crippen LogP contribution in [0.15, 0.2) is 12.1 Å². The molecule has 1 aromatic carbocycles. The van der Waals surface area contributed by atoms with Gasteiger partial charge in [-0.3, -0.25) is 0 Å². The fourth-order valence-corrected chi connectivity index (χ4v) is 4.68. The molecule has 0 unspecified atom stereocenters. The first-order valence-corrected chi connectivity index (χ1v) is 12.2. The van der Waals surface area contributed by atoms with Crippen LogP contribution in [-0.4, -0.2) is 47.3 Å². The summed E-state index contributed by atoms with van der Waals surface area (Å²) in [5.41, 5.74) is 8.69. The zero-order valence-corrected chi connectivity index (χ0v) is 19.1. The first kappa shape index (κ1) is 21.2. The van der Waals surface area contributed by atoms with Gasteiger partial charge in [-0.05, 0) is 52.3 Å². The van der Waals surface area contributed by atoms with Crippen molar-refractivity contribution in [1.82, 2.24) is 24.2 Å². The molecule has 0 amide bonds. The molecular weight excluding hydrogens is 526 g/mol. The van der Waals surface area contributed by atoms with Crippen molar-refractivity contribution >= 4 is 49.6 Å². The summed E-state index contributed by atoms with van der Waals surface area (Å²) in [7, 11) is -3.29. The molecule has 30 heavy (non-hydrogen) atoms. The van der Waals surface area contributed by atoms with E-state index in [-0.39, 0.29) is 12.4 Å². The van der Waals surface area contributed by atoms with Crippen molar-refractivity contribution in [2.24, 2.45) is 0 Å². The first-order chi connectivity index (χ1) is 14.2. The average Bonchev–Trinajstić information content (AvgIpc) is 3.23. The van der Waals surface area contributed by atoms with Crippen LogP contribution in [0.4, 0.5) is 10.2 Å². The number of aryl methyl sites for hydroxylation is 1. The summed E-state index contributed by atoms with van der Waals surface area (Å²) in [6.07, 6.45) is 2.00. The van der Waals surface area contributed by atoms with Crippen molar-refractivity contribution in [3.8, 4) is 5.75 Å². The Labute approximate surface area is 186 Å². The number of benzene rings is 1. The molecule has 0 aliphatic carbocycles. The molecule has 160 valence electrons. The van der Waals surface area contributed by atoms with Crippen LogP contribution in [-0.2, 0) is 29.4 Å². The van der Waals surface area contributed by atoms with Crippen LogP contribution in [0, 0.1) is 9.65 Å². The fourth-order valence-electron chi connectivity index (χ4n) is 3.45. The molecule has 0 atom stereocenters. The number of rotatable bonds is 7. The minimum absolute atomic E-state index is 0.0289. The van der Waals surface area contributed by atoms with E-state index >= 15 is 0 Å². The van der Waals surface area contributed by atoms with E-state index in [2.05, 4.69) is 48.3 Å². The predicted octanol–water partition coefficient (Wildman–Crippen LogP) is 1.62. The number of imidazole rings is 1. The Kier molecular flexibility index (Phi) is 5.81. The maximum absolute atomic E-state index is 13.8. The Morgan fingerprint density at radius 3 is 2.90 bits per heavy atom. The van der Waals surface area contributed by atoms with Crippen molar-refractivity contribution < 1.29 is 17.5 Å². The molecule has 12 heteroatoms. The van der Waals surface area contributed by atoms with Gasteiger partial charge >= 0.3 is 6.08 Å². The lowest BCUT2D eigenvalue weighted by Crippen LogP contribution is -2.24. The third-order valence-corrected chi connectivity index (χ3v) is 6.54. The van der Waals surface area contributed by atoms with Gasteiger partial charge in [-0.25, -0.2) is 18.1 Å². The highest BCUT2D eigenvalue weighted by Gasteiger charge is 2.20. The molecule has 1 aliphatic heterocycles. The number of hydrogen-bond donors (Lipinski definition) is 2. The van der Waals surface area contributed by atoms with Crippen LogP contribution in [0.5, 0.6) is 5.75 Å². The van der Waals surface area contributed by atoms with Crippen molar-refractivity contribution in [2.45, 2.75) is 25.8 Å². The summed E-state index contributed by atoms with van der Waals surface area (Å²) < 4.78 is 47.4. The minimum atomic E-state index is -3.29. The summed E-state index contributed by atoms with van der Waals surface area (Å²) in [5, 5.41) is 0. The molecule has 2 aromatic heterocycles. The molecular formula is C18H20FIN6O3S. The second-order valence-electron chi connectivity index (χ2n) is 7.08. The van der Waals surface area contributed by atoms with Gasteiger partial charge in [-0.1, -0.05) is 0 Å². The van der Waals surface area contributed by atoms with Gasteiger partial charge in [-0.2, -0.15) is 14.4 Å². The summed E-state index contributed by atoms with van der Waals surface area (Å²) in [6.45, 7) is 1.31. The topological polar surface area (TPSA) is 125 Å². The Morgan fingerprint density at radius 2 is 2.13 bits per heavy atom. The molecule has 0 bridgehead atoms. The number of aromatic nitrogens is 4. The molecule has 4 rings (SSSR count). The van der Waals surface area contributed by atoms with Gasteiger partial charge in [0.1, 0.15) is 11.6 Å². The fraction of sp³-hybridized carbons (Fsp3) is 0.389. The van der Waals surface area contributed by atoms with Crippen LogP contribution in [0.2, 0.25) is 0 Å². The van der Waals surface area contributed by atoms with E-state index in [0.29, 0.717) is 43.0 Å². The van der Waals surface area contributed by atoms with Gasteiger partial charge in [0, 0.05) is 29.5 Å². The number of nitrogens with two attached hydrogens (primary N) is 1. The predicted molar refractivity (Wildman–Crippen MR) is 118 cm³/mol. The Morgan fingerprint density at radius 1 is 1.33 bits per heavy atom. The van der Waals surface area contributed by atoms with Gasteiger partial charge in [-0.15, -0.1) is 0 Å².